The van der Waals surface area contributed by atoms with Crippen LogP contribution in [0.5, 0.6) is 0 Å². The van der Waals surface area contributed by atoms with E-state index in [1.165, 1.54) is 0 Å². The van der Waals surface area contributed by atoms with E-state index in [1.807, 2.05) is 0 Å². The fourth-order valence-electron chi connectivity index (χ4n) is 1.65. The van der Waals surface area contributed by atoms with Gasteiger partial charge >= 0.3 is 5.97 Å². The lowest BCUT2D eigenvalue weighted by Crippen LogP contribution is -2.31. The number of carbonyl (C=O) groups excluding carboxylic acids is 2. The smallest absolute Gasteiger partial charge is 0.308 e. The maximum atomic E-state index is 11.4. The lowest BCUT2D eigenvalue weighted by atomic mass is 10.2. The van der Waals surface area contributed by atoms with E-state index in [-0.39, 0.29) is 18.3 Å². The van der Waals surface area contributed by atoms with Gasteiger partial charge in [0.15, 0.2) is 0 Å². The fraction of sp³-hybridized carbons (Fsp3) is 0.846. The van der Waals surface area contributed by atoms with Gasteiger partial charge in [-0.3, -0.25) is 9.59 Å². The molecule has 0 aromatic heterocycles. The highest BCUT2D eigenvalue weighted by Crippen LogP contribution is 2.18. The quantitative estimate of drug-likeness (QED) is 0.383. The maximum absolute atomic E-state index is 11.4. The maximum Gasteiger partial charge on any atom is 0.308 e. The third-order valence-electron chi connectivity index (χ3n) is 2.79. The van der Waals surface area contributed by atoms with Crippen LogP contribution in [-0.2, 0) is 14.3 Å². The molecule has 1 atom stereocenters. The third-order valence-corrected chi connectivity index (χ3v) is 2.79. The number of carbonyl (C=O) groups is 2. The summed E-state index contributed by atoms with van der Waals surface area (Å²) < 4.78 is 4.73. The van der Waals surface area contributed by atoms with Crippen LogP contribution in [0, 0.1) is 0 Å². The second kappa shape index (κ2) is 8.87. The van der Waals surface area contributed by atoms with Crippen LogP contribution in [0.2, 0.25) is 0 Å². The molecule has 0 bridgehead atoms. The minimum atomic E-state index is -0.737. The molecule has 0 radical (unpaired) electrons. The van der Waals surface area contributed by atoms with Crippen molar-refractivity contribution >= 4 is 11.9 Å². The Kier molecular flexibility index (Phi) is 7.43. The SMILES string of the molecule is CCOC(=O)CC(O)CNCCCC(=O)NC1CC1. The lowest BCUT2D eigenvalue weighted by molar-refractivity contribution is -0.145. The van der Waals surface area contributed by atoms with Crippen molar-refractivity contribution in [3.63, 3.8) is 0 Å². The minimum absolute atomic E-state index is 0.00298. The Morgan fingerprint density at radius 1 is 1.42 bits per heavy atom. The molecule has 0 spiro atoms. The van der Waals surface area contributed by atoms with Gasteiger partial charge in [0, 0.05) is 19.0 Å². The monoisotopic (exact) mass is 272 g/mol. The van der Waals surface area contributed by atoms with E-state index in [4.69, 9.17) is 4.74 Å². The Bertz CT molecular complexity index is 292. The number of esters is 1. The van der Waals surface area contributed by atoms with Crippen LogP contribution in [0.4, 0.5) is 0 Å². The van der Waals surface area contributed by atoms with Gasteiger partial charge in [0.2, 0.25) is 5.91 Å². The highest BCUT2D eigenvalue weighted by molar-refractivity contribution is 5.76. The Balaban J connectivity index is 1.91. The molecule has 1 unspecified atom stereocenters. The molecule has 110 valence electrons. The number of aliphatic hydroxyl groups excluding tert-OH is 1. The number of aliphatic hydroxyl groups is 1. The molecule has 0 aromatic rings. The van der Waals surface area contributed by atoms with Gasteiger partial charge in [-0.05, 0) is 32.7 Å². The van der Waals surface area contributed by atoms with Crippen LogP contribution in [-0.4, -0.2) is 48.8 Å². The first-order valence-corrected chi connectivity index (χ1v) is 6.95. The van der Waals surface area contributed by atoms with E-state index < -0.39 is 6.10 Å². The molecule has 6 heteroatoms. The Hall–Kier alpha value is -1.14. The summed E-state index contributed by atoms with van der Waals surface area (Å²) in [5, 5.41) is 15.5. The molecule has 1 aliphatic rings. The van der Waals surface area contributed by atoms with Crippen molar-refractivity contribution in [1.29, 1.82) is 0 Å². The van der Waals surface area contributed by atoms with Crippen molar-refractivity contribution in [2.24, 2.45) is 0 Å². The number of nitrogens with one attached hydrogen (secondary N) is 2. The van der Waals surface area contributed by atoms with Crippen LogP contribution in [0.3, 0.4) is 0 Å². The Labute approximate surface area is 113 Å². The zero-order valence-corrected chi connectivity index (χ0v) is 11.5. The van der Waals surface area contributed by atoms with E-state index in [0.29, 0.717) is 32.2 Å². The van der Waals surface area contributed by atoms with Gasteiger partial charge in [0.05, 0.1) is 19.1 Å². The van der Waals surface area contributed by atoms with Gasteiger partial charge in [-0.1, -0.05) is 0 Å². The first-order chi connectivity index (χ1) is 9.11. The summed E-state index contributed by atoms with van der Waals surface area (Å²) in [6.45, 7) is 3.05. The molecular weight excluding hydrogens is 248 g/mol. The normalized spacial score (nSPS) is 15.9. The highest BCUT2D eigenvalue weighted by Gasteiger charge is 2.22. The third kappa shape index (κ3) is 8.56. The number of rotatable bonds is 10. The highest BCUT2D eigenvalue weighted by atomic mass is 16.5. The summed E-state index contributed by atoms with van der Waals surface area (Å²) in [6.07, 6.45) is 2.69. The van der Waals surface area contributed by atoms with E-state index >= 15 is 0 Å². The summed E-state index contributed by atoms with van der Waals surface area (Å²) >= 11 is 0. The number of hydrogen-bond acceptors (Lipinski definition) is 5. The molecule has 0 aliphatic heterocycles. The van der Waals surface area contributed by atoms with E-state index in [1.54, 1.807) is 6.92 Å². The summed E-state index contributed by atoms with van der Waals surface area (Å²) in [6, 6.07) is 0.409. The second-order valence-corrected chi connectivity index (χ2v) is 4.81. The van der Waals surface area contributed by atoms with Crippen molar-refractivity contribution in [2.45, 2.75) is 51.2 Å². The average molecular weight is 272 g/mol. The van der Waals surface area contributed by atoms with Crippen LogP contribution < -0.4 is 10.6 Å². The van der Waals surface area contributed by atoms with Crippen molar-refractivity contribution in [3.05, 3.63) is 0 Å². The molecule has 1 saturated carbocycles. The summed E-state index contributed by atoms with van der Waals surface area (Å²) in [7, 11) is 0. The average Bonchev–Trinajstić information content (AvgIpc) is 3.12. The molecule has 0 saturated heterocycles. The molecule has 1 rings (SSSR count). The molecule has 19 heavy (non-hydrogen) atoms. The van der Waals surface area contributed by atoms with Crippen molar-refractivity contribution in [2.75, 3.05) is 19.7 Å². The molecule has 1 aliphatic carbocycles. The number of ether oxygens (including phenoxy) is 1. The summed E-state index contributed by atoms with van der Waals surface area (Å²) in [5.74, 6) is -0.294. The van der Waals surface area contributed by atoms with Gasteiger partial charge < -0.3 is 20.5 Å². The largest absolute Gasteiger partial charge is 0.466 e. The predicted molar refractivity (Wildman–Crippen MR) is 70.5 cm³/mol. The molecule has 0 aromatic carbocycles. The number of amides is 1. The van der Waals surface area contributed by atoms with Crippen molar-refractivity contribution in [1.82, 2.24) is 10.6 Å². The fourth-order valence-corrected chi connectivity index (χ4v) is 1.65. The van der Waals surface area contributed by atoms with E-state index in [9.17, 15) is 14.7 Å². The molecule has 0 heterocycles. The summed E-state index contributed by atoms with van der Waals surface area (Å²) in [4.78, 5) is 22.4. The van der Waals surface area contributed by atoms with E-state index in [2.05, 4.69) is 10.6 Å². The van der Waals surface area contributed by atoms with Crippen LogP contribution in [0.15, 0.2) is 0 Å². The second-order valence-electron chi connectivity index (χ2n) is 4.81. The molecule has 1 amide bonds. The first kappa shape index (κ1) is 15.9. The number of hydrogen-bond donors (Lipinski definition) is 3. The molecule has 3 N–H and O–H groups in total. The Morgan fingerprint density at radius 3 is 2.79 bits per heavy atom. The van der Waals surface area contributed by atoms with Crippen LogP contribution >= 0.6 is 0 Å². The lowest BCUT2D eigenvalue weighted by Gasteiger charge is -2.11. The standard InChI is InChI=1S/C13H24N2O4/c1-2-19-13(18)8-11(16)9-14-7-3-4-12(17)15-10-5-6-10/h10-11,14,16H,2-9H2,1H3,(H,15,17). The van der Waals surface area contributed by atoms with Crippen LogP contribution in [0.25, 0.3) is 0 Å². The molecular formula is C13H24N2O4. The van der Waals surface area contributed by atoms with Crippen molar-refractivity contribution in [3.8, 4) is 0 Å². The zero-order valence-electron chi connectivity index (χ0n) is 11.5. The molecule has 1 fully saturated rings. The molecule has 6 nitrogen and oxygen atoms in total. The van der Waals surface area contributed by atoms with E-state index in [0.717, 1.165) is 19.3 Å². The van der Waals surface area contributed by atoms with Gasteiger partial charge in [-0.15, -0.1) is 0 Å². The zero-order chi connectivity index (χ0) is 14.1. The van der Waals surface area contributed by atoms with Gasteiger partial charge in [-0.2, -0.15) is 0 Å². The topological polar surface area (TPSA) is 87.7 Å². The summed E-state index contributed by atoms with van der Waals surface area (Å²) in [5.41, 5.74) is 0. The minimum Gasteiger partial charge on any atom is -0.466 e. The van der Waals surface area contributed by atoms with Crippen LogP contribution in [0.1, 0.15) is 39.0 Å². The van der Waals surface area contributed by atoms with Gasteiger partial charge in [0.1, 0.15) is 0 Å². The Morgan fingerprint density at radius 2 is 2.16 bits per heavy atom. The van der Waals surface area contributed by atoms with Crippen molar-refractivity contribution < 1.29 is 19.4 Å². The first-order valence-electron chi connectivity index (χ1n) is 6.95. The predicted octanol–water partition coefficient (Wildman–Crippen LogP) is -0.0511. The van der Waals surface area contributed by atoms with Gasteiger partial charge in [0.25, 0.3) is 0 Å². The van der Waals surface area contributed by atoms with Gasteiger partial charge in [-0.25, -0.2) is 0 Å².